The van der Waals surface area contributed by atoms with Crippen LogP contribution in [0.4, 0.5) is 5.69 Å². The van der Waals surface area contributed by atoms with Crippen LogP contribution >= 0.6 is 0 Å². The predicted molar refractivity (Wildman–Crippen MR) is 136 cm³/mol. The van der Waals surface area contributed by atoms with E-state index in [1.807, 2.05) is 31.3 Å². The molecule has 3 aromatic rings. The first-order chi connectivity index (χ1) is 15.8. The van der Waals surface area contributed by atoms with Gasteiger partial charge < -0.3 is 19.4 Å². The quantitative estimate of drug-likeness (QED) is 0.425. The first-order valence-electron chi connectivity index (χ1n) is 11.4. The molecule has 1 aromatic heterocycles. The molecule has 6 nitrogen and oxygen atoms in total. The Morgan fingerprint density at radius 1 is 1.06 bits per heavy atom. The van der Waals surface area contributed by atoms with Crippen LogP contribution in [0.2, 0.25) is 0 Å². The van der Waals surface area contributed by atoms with E-state index in [-0.39, 0.29) is 5.91 Å². The molecule has 2 aromatic carbocycles. The van der Waals surface area contributed by atoms with Gasteiger partial charge in [0.05, 0.1) is 7.11 Å². The fourth-order valence-corrected chi connectivity index (χ4v) is 4.06. The van der Waals surface area contributed by atoms with Crippen LogP contribution < -0.4 is 14.8 Å². The van der Waals surface area contributed by atoms with Gasteiger partial charge in [-0.15, -0.1) is 0 Å². The number of hydrogen-bond acceptors (Lipinski definition) is 4. The third kappa shape index (κ3) is 6.17. The van der Waals surface area contributed by atoms with Crippen molar-refractivity contribution in [1.29, 1.82) is 0 Å². The summed E-state index contributed by atoms with van der Waals surface area (Å²) in [7, 11) is 3.61. The molecule has 0 radical (unpaired) electrons. The summed E-state index contributed by atoms with van der Waals surface area (Å²) in [5.74, 6) is 1.04. The smallest absolute Gasteiger partial charge is 0.248 e. The third-order valence-corrected chi connectivity index (χ3v) is 5.76. The molecule has 6 heteroatoms. The maximum absolute atomic E-state index is 12.5. The summed E-state index contributed by atoms with van der Waals surface area (Å²) < 4.78 is 13.5. The molecule has 1 amide bonds. The van der Waals surface area contributed by atoms with Gasteiger partial charge in [0, 0.05) is 60.1 Å². The minimum absolute atomic E-state index is 0.206. The first kappa shape index (κ1) is 24.4. The first-order valence-corrected chi connectivity index (χ1v) is 11.4. The highest BCUT2D eigenvalue weighted by molar-refractivity contribution is 6.02. The van der Waals surface area contributed by atoms with Gasteiger partial charge in [-0.25, -0.2) is 0 Å². The molecule has 33 heavy (non-hydrogen) atoms. The second-order valence-electron chi connectivity index (χ2n) is 8.65. The molecule has 0 aliphatic heterocycles. The highest BCUT2D eigenvalue weighted by atomic mass is 16.5. The molecule has 0 atom stereocenters. The third-order valence-electron chi connectivity index (χ3n) is 5.76. The Bertz CT molecular complexity index is 1110. The van der Waals surface area contributed by atoms with Gasteiger partial charge in [0.15, 0.2) is 11.5 Å². The van der Waals surface area contributed by atoms with Gasteiger partial charge in [0.25, 0.3) is 0 Å². The van der Waals surface area contributed by atoms with E-state index in [0.717, 1.165) is 23.1 Å². The van der Waals surface area contributed by atoms with E-state index in [1.54, 1.807) is 25.3 Å². The highest BCUT2D eigenvalue weighted by Crippen LogP contribution is 2.30. The summed E-state index contributed by atoms with van der Waals surface area (Å²) in [6.07, 6.45) is 3.37. The van der Waals surface area contributed by atoms with Crippen molar-refractivity contribution in [3.05, 3.63) is 60.3 Å². The van der Waals surface area contributed by atoms with Crippen LogP contribution in [0.1, 0.15) is 33.4 Å². The molecule has 3 rings (SSSR count). The van der Waals surface area contributed by atoms with Crippen LogP contribution in [0.3, 0.4) is 0 Å². The standard InChI is InChI=1S/C27H35N3O3/c1-19(2)30(20(3)4)15-16-33-26-18-22(11-13-25(26)32-6)28-27(31)14-12-23-17-21-9-7-8-10-24(21)29(23)5/h7-14,17-20H,15-16H2,1-6H3,(H,28,31)/b14-12+. The molecule has 1 N–H and O–H groups in total. The zero-order valence-electron chi connectivity index (χ0n) is 20.5. The Morgan fingerprint density at radius 2 is 1.79 bits per heavy atom. The van der Waals surface area contributed by atoms with Crippen LogP contribution in [0.25, 0.3) is 17.0 Å². The van der Waals surface area contributed by atoms with Crippen molar-refractivity contribution in [2.24, 2.45) is 7.05 Å². The monoisotopic (exact) mass is 449 g/mol. The molecular formula is C27H35N3O3. The lowest BCUT2D eigenvalue weighted by molar-refractivity contribution is -0.111. The molecular weight excluding hydrogens is 414 g/mol. The number of carbonyl (C=O) groups excluding carboxylic acids is 1. The molecule has 0 aliphatic carbocycles. The van der Waals surface area contributed by atoms with E-state index in [2.05, 4.69) is 60.7 Å². The van der Waals surface area contributed by atoms with Crippen LogP contribution in [-0.4, -0.2) is 47.7 Å². The maximum atomic E-state index is 12.5. The Labute approximate surface area is 196 Å². The van der Waals surface area contributed by atoms with Crippen molar-refractivity contribution >= 4 is 28.6 Å². The lowest BCUT2D eigenvalue weighted by Gasteiger charge is -2.30. The van der Waals surface area contributed by atoms with Gasteiger partial charge in [-0.05, 0) is 58.0 Å². The molecule has 0 bridgehead atoms. The van der Waals surface area contributed by atoms with E-state index in [4.69, 9.17) is 9.47 Å². The SMILES string of the molecule is COc1ccc(NC(=O)/C=C/c2cc3ccccc3n2C)cc1OCCN(C(C)C)C(C)C. The van der Waals surface area contributed by atoms with Gasteiger partial charge in [-0.1, -0.05) is 18.2 Å². The highest BCUT2D eigenvalue weighted by Gasteiger charge is 2.14. The molecule has 0 aliphatic rings. The Morgan fingerprint density at radius 3 is 2.45 bits per heavy atom. The van der Waals surface area contributed by atoms with Crippen LogP contribution in [-0.2, 0) is 11.8 Å². The number of rotatable bonds is 10. The average molecular weight is 450 g/mol. The summed E-state index contributed by atoms with van der Waals surface area (Å²) in [5.41, 5.74) is 2.75. The van der Waals surface area contributed by atoms with Crippen molar-refractivity contribution in [3.8, 4) is 11.5 Å². The molecule has 176 valence electrons. The number of methoxy groups -OCH3 is 1. The van der Waals surface area contributed by atoms with Crippen LogP contribution in [0.5, 0.6) is 11.5 Å². The van der Waals surface area contributed by atoms with Crippen molar-refractivity contribution in [2.45, 2.75) is 39.8 Å². The maximum Gasteiger partial charge on any atom is 0.248 e. The van der Waals surface area contributed by atoms with Crippen molar-refractivity contribution in [3.63, 3.8) is 0 Å². The lowest BCUT2D eigenvalue weighted by atomic mass is 10.2. The molecule has 0 saturated heterocycles. The van der Waals surface area contributed by atoms with E-state index in [9.17, 15) is 4.79 Å². The van der Waals surface area contributed by atoms with Crippen molar-refractivity contribution in [2.75, 3.05) is 25.6 Å². The Hall–Kier alpha value is -3.25. The summed E-state index contributed by atoms with van der Waals surface area (Å²) >= 11 is 0. The number of nitrogens with one attached hydrogen (secondary N) is 1. The minimum atomic E-state index is -0.206. The number of benzene rings is 2. The van der Waals surface area contributed by atoms with E-state index in [0.29, 0.717) is 35.9 Å². The van der Waals surface area contributed by atoms with E-state index in [1.165, 1.54) is 0 Å². The second-order valence-corrected chi connectivity index (χ2v) is 8.65. The normalized spacial score (nSPS) is 11.8. The van der Waals surface area contributed by atoms with Crippen molar-refractivity contribution < 1.29 is 14.3 Å². The number of fused-ring (bicyclic) bond motifs is 1. The minimum Gasteiger partial charge on any atom is -0.493 e. The number of hydrogen-bond donors (Lipinski definition) is 1. The number of para-hydroxylation sites is 1. The summed E-state index contributed by atoms with van der Waals surface area (Å²) in [6, 6.07) is 16.5. The van der Waals surface area contributed by atoms with Crippen LogP contribution in [0.15, 0.2) is 54.6 Å². The number of nitrogens with zero attached hydrogens (tertiary/aromatic N) is 2. The summed E-state index contributed by atoms with van der Waals surface area (Å²) in [5, 5.41) is 4.06. The number of aryl methyl sites for hydroxylation is 1. The zero-order valence-corrected chi connectivity index (χ0v) is 20.5. The van der Waals surface area contributed by atoms with Crippen LogP contribution in [0, 0.1) is 0 Å². The van der Waals surface area contributed by atoms with E-state index >= 15 is 0 Å². The van der Waals surface area contributed by atoms with Crippen molar-refractivity contribution in [1.82, 2.24) is 9.47 Å². The average Bonchev–Trinajstić information content (AvgIpc) is 3.10. The van der Waals surface area contributed by atoms with Gasteiger partial charge in [-0.2, -0.15) is 0 Å². The van der Waals surface area contributed by atoms with Gasteiger partial charge in [0.1, 0.15) is 6.61 Å². The predicted octanol–water partition coefficient (Wildman–Crippen LogP) is 5.34. The summed E-state index contributed by atoms with van der Waals surface area (Å²) in [6.45, 7) is 10.1. The molecule has 0 unspecified atom stereocenters. The molecule has 0 spiro atoms. The number of anilines is 1. The topological polar surface area (TPSA) is 55.7 Å². The number of ether oxygens (including phenoxy) is 2. The largest absolute Gasteiger partial charge is 0.493 e. The lowest BCUT2D eigenvalue weighted by Crippen LogP contribution is -2.39. The Balaban J connectivity index is 1.66. The zero-order chi connectivity index (χ0) is 24.0. The fourth-order valence-electron chi connectivity index (χ4n) is 4.06. The van der Waals surface area contributed by atoms with Gasteiger partial charge >= 0.3 is 0 Å². The molecule has 0 saturated carbocycles. The second kappa shape index (κ2) is 11.1. The summed E-state index contributed by atoms with van der Waals surface area (Å²) in [4.78, 5) is 14.9. The van der Waals surface area contributed by atoms with Gasteiger partial charge in [-0.3, -0.25) is 9.69 Å². The molecule has 0 fully saturated rings. The number of carbonyl (C=O) groups is 1. The van der Waals surface area contributed by atoms with E-state index < -0.39 is 0 Å². The fraction of sp³-hybridized carbons (Fsp3) is 0.370. The Kier molecular flexibility index (Phi) is 8.17. The number of aromatic nitrogens is 1. The van der Waals surface area contributed by atoms with Gasteiger partial charge in [0.2, 0.25) is 5.91 Å². The number of amides is 1. The molecule has 1 heterocycles.